The molecule has 0 aliphatic carbocycles. The van der Waals surface area contributed by atoms with Crippen molar-refractivity contribution in [2.75, 3.05) is 11.8 Å². The van der Waals surface area contributed by atoms with Crippen LogP contribution in [0.1, 0.15) is 11.1 Å². The molecule has 0 spiro atoms. The van der Waals surface area contributed by atoms with Gasteiger partial charge in [-0.1, -0.05) is 6.07 Å². The molecule has 6 nitrogen and oxygen atoms in total. The topological polar surface area (TPSA) is 84.1 Å². The zero-order chi connectivity index (χ0) is 22.1. The molecule has 0 atom stereocenters. The molecule has 2 aromatic heterocycles. The van der Waals surface area contributed by atoms with Gasteiger partial charge in [0.2, 0.25) is 0 Å². The minimum absolute atomic E-state index is 0.110. The molecule has 0 amide bonds. The Hall–Kier alpha value is -2.99. The van der Waals surface area contributed by atoms with Gasteiger partial charge in [0.1, 0.15) is 16.5 Å². The summed E-state index contributed by atoms with van der Waals surface area (Å²) >= 11 is 0. The van der Waals surface area contributed by atoms with Gasteiger partial charge in [0.25, 0.3) is 10.0 Å². The molecule has 0 fully saturated rings. The van der Waals surface area contributed by atoms with Crippen LogP contribution in [0.4, 0.5) is 27.6 Å². The van der Waals surface area contributed by atoms with Crippen LogP contribution in [0.25, 0.3) is 11.4 Å². The number of halogens is 5. The number of hydrogen-bond acceptors (Lipinski definition) is 4. The van der Waals surface area contributed by atoms with Gasteiger partial charge in [-0.15, -0.1) is 0 Å². The van der Waals surface area contributed by atoms with E-state index in [-0.39, 0.29) is 23.6 Å². The van der Waals surface area contributed by atoms with Crippen molar-refractivity contribution in [2.24, 2.45) is 0 Å². The molecule has 0 unspecified atom stereocenters. The number of anilines is 1. The first kappa shape index (κ1) is 21.7. The normalized spacial score (nSPS) is 12.2. The molecular formula is C18H14F5N3O3S. The van der Waals surface area contributed by atoms with Crippen molar-refractivity contribution in [1.82, 2.24) is 9.97 Å². The average Bonchev–Trinajstić information content (AvgIpc) is 3.15. The molecule has 30 heavy (non-hydrogen) atoms. The number of methoxy groups -OCH3 is 1. The van der Waals surface area contributed by atoms with Crippen LogP contribution in [0.3, 0.4) is 0 Å². The molecule has 1 aromatic carbocycles. The first-order chi connectivity index (χ1) is 14.0. The predicted molar refractivity (Wildman–Crippen MR) is 96.9 cm³/mol. The Morgan fingerprint density at radius 3 is 2.57 bits per heavy atom. The Balaban J connectivity index is 1.93. The lowest BCUT2D eigenvalue weighted by Crippen LogP contribution is -2.15. The van der Waals surface area contributed by atoms with Crippen molar-refractivity contribution < 1.29 is 35.1 Å². The van der Waals surface area contributed by atoms with Gasteiger partial charge in [0, 0.05) is 31.1 Å². The van der Waals surface area contributed by atoms with Crippen LogP contribution in [0.15, 0.2) is 47.6 Å². The average molecular weight is 447 g/mol. The van der Waals surface area contributed by atoms with E-state index in [2.05, 4.69) is 9.97 Å². The van der Waals surface area contributed by atoms with E-state index < -0.39 is 39.1 Å². The second-order valence-electron chi connectivity index (χ2n) is 6.11. The number of pyridine rings is 1. The van der Waals surface area contributed by atoms with E-state index in [1.165, 1.54) is 19.4 Å². The molecule has 160 valence electrons. The number of ether oxygens (including phenoxy) is 1. The maximum Gasteiger partial charge on any atom is 0.419 e. The third-order valence-electron chi connectivity index (χ3n) is 4.02. The molecular weight excluding hydrogens is 433 g/mol. The number of rotatable bonds is 6. The lowest BCUT2D eigenvalue weighted by atomic mass is 10.1. The fourth-order valence-electron chi connectivity index (χ4n) is 2.67. The summed E-state index contributed by atoms with van der Waals surface area (Å²) in [5.74, 6) is -3.38. The van der Waals surface area contributed by atoms with Crippen LogP contribution in [-0.4, -0.2) is 25.5 Å². The number of aromatic nitrogens is 2. The highest BCUT2D eigenvalue weighted by Gasteiger charge is 2.35. The Bertz CT molecular complexity index is 1180. The molecule has 0 radical (unpaired) electrons. The van der Waals surface area contributed by atoms with Gasteiger partial charge < -0.3 is 9.72 Å². The summed E-state index contributed by atoms with van der Waals surface area (Å²) in [5.41, 5.74) is -1.42. The van der Waals surface area contributed by atoms with Crippen molar-refractivity contribution in [3.05, 3.63) is 65.5 Å². The Kier molecular flexibility index (Phi) is 5.81. The minimum atomic E-state index is -5.12. The first-order valence-corrected chi connectivity index (χ1v) is 9.72. The number of aromatic amines is 1. The smallest absolute Gasteiger partial charge is 0.380 e. The summed E-state index contributed by atoms with van der Waals surface area (Å²) in [6.45, 7) is 0.207. The van der Waals surface area contributed by atoms with Crippen molar-refractivity contribution in [1.29, 1.82) is 0 Å². The SMILES string of the molecule is COCc1cccnc1-c1cc(S(=O)(=O)Nc2cc(F)c(C(F)(F)F)cc2F)c[nH]1. The van der Waals surface area contributed by atoms with Crippen LogP contribution in [0, 0.1) is 11.6 Å². The number of H-pyrrole nitrogens is 1. The second kappa shape index (κ2) is 8.03. The molecule has 3 rings (SSSR count). The molecule has 0 saturated heterocycles. The number of nitrogens with one attached hydrogen (secondary N) is 2. The number of hydrogen-bond donors (Lipinski definition) is 2. The summed E-state index contributed by atoms with van der Waals surface area (Å²) < 4.78 is 97.5. The van der Waals surface area contributed by atoms with E-state index >= 15 is 0 Å². The van der Waals surface area contributed by atoms with Crippen LogP contribution >= 0.6 is 0 Å². The summed E-state index contributed by atoms with van der Waals surface area (Å²) in [7, 11) is -2.97. The summed E-state index contributed by atoms with van der Waals surface area (Å²) in [6, 6.07) is 4.61. The third-order valence-corrected chi connectivity index (χ3v) is 5.36. The zero-order valence-electron chi connectivity index (χ0n) is 15.2. The van der Waals surface area contributed by atoms with Crippen molar-refractivity contribution in [2.45, 2.75) is 17.7 Å². The predicted octanol–water partition coefficient (Wildman–Crippen LogP) is 4.32. The van der Waals surface area contributed by atoms with Crippen molar-refractivity contribution in [3.8, 4) is 11.4 Å². The van der Waals surface area contributed by atoms with Gasteiger partial charge >= 0.3 is 6.18 Å². The molecule has 2 heterocycles. The maximum atomic E-state index is 14.0. The van der Waals surface area contributed by atoms with Gasteiger partial charge in [-0.3, -0.25) is 9.71 Å². The van der Waals surface area contributed by atoms with Crippen molar-refractivity contribution >= 4 is 15.7 Å². The quantitative estimate of drug-likeness (QED) is 0.552. The van der Waals surface area contributed by atoms with Gasteiger partial charge in [0.05, 0.1) is 29.2 Å². The lowest BCUT2D eigenvalue weighted by molar-refractivity contribution is -0.140. The second-order valence-corrected chi connectivity index (χ2v) is 7.79. The van der Waals surface area contributed by atoms with Gasteiger partial charge in [-0.05, 0) is 18.2 Å². The van der Waals surface area contributed by atoms with E-state index in [1.54, 1.807) is 16.9 Å². The molecule has 3 aromatic rings. The van der Waals surface area contributed by atoms with E-state index in [9.17, 15) is 30.4 Å². The summed E-state index contributed by atoms with van der Waals surface area (Å²) in [4.78, 5) is 6.52. The fraction of sp³-hybridized carbons (Fsp3) is 0.167. The minimum Gasteiger partial charge on any atom is -0.380 e. The van der Waals surface area contributed by atoms with Gasteiger partial charge in [-0.2, -0.15) is 13.2 Å². The highest BCUT2D eigenvalue weighted by Crippen LogP contribution is 2.34. The van der Waals surface area contributed by atoms with Crippen molar-refractivity contribution in [3.63, 3.8) is 0 Å². The van der Waals surface area contributed by atoms with E-state index in [4.69, 9.17) is 4.74 Å². The van der Waals surface area contributed by atoms with E-state index in [0.717, 1.165) is 6.20 Å². The highest BCUT2D eigenvalue weighted by molar-refractivity contribution is 7.92. The Labute approximate surface area is 167 Å². The molecule has 0 saturated carbocycles. The largest absolute Gasteiger partial charge is 0.419 e. The van der Waals surface area contributed by atoms with Gasteiger partial charge in [0.15, 0.2) is 0 Å². The lowest BCUT2D eigenvalue weighted by Gasteiger charge is -2.12. The Morgan fingerprint density at radius 2 is 1.90 bits per heavy atom. The molecule has 0 aliphatic rings. The highest BCUT2D eigenvalue weighted by atomic mass is 32.2. The Morgan fingerprint density at radius 1 is 1.17 bits per heavy atom. The monoisotopic (exact) mass is 447 g/mol. The zero-order valence-corrected chi connectivity index (χ0v) is 16.0. The van der Waals surface area contributed by atoms with Crippen LogP contribution in [-0.2, 0) is 27.5 Å². The standard InChI is InChI=1S/C18H14F5N3O3S/c1-29-9-10-3-2-4-24-17(10)16-5-11(8-25-16)30(27,28)26-15-7-13(19)12(6-14(15)20)18(21,22)23/h2-8,25-26H,9H2,1H3. The summed E-state index contributed by atoms with van der Waals surface area (Å²) in [6.07, 6.45) is -2.55. The van der Waals surface area contributed by atoms with Gasteiger partial charge in [-0.25, -0.2) is 17.2 Å². The molecule has 0 aliphatic heterocycles. The van der Waals surface area contributed by atoms with E-state index in [1.807, 2.05) is 0 Å². The number of nitrogens with zero attached hydrogens (tertiary/aromatic N) is 1. The van der Waals surface area contributed by atoms with Crippen LogP contribution in [0.2, 0.25) is 0 Å². The first-order valence-electron chi connectivity index (χ1n) is 8.23. The maximum absolute atomic E-state index is 14.0. The number of alkyl halides is 3. The molecule has 2 N–H and O–H groups in total. The number of benzene rings is 1. The molecule has 12 heteroatoms. The van der Waals surface area contributed by atoms with Crippen LogP contribution in [0.5, 0.6) is 0 Å². The third kappa shape index (κ3) is 4.44. The fourth-order valence-corrected chi connectivity index (χ4v) is 3.72. The molecule has 0 bridgehead atoms. The number of sulfonamides is 1. The van der Waals surface area contributed by atoms with Crippen LogP contribution < -0.4 is 4.72 Å². The van der Waals surface area contributed by atoms with E-state index in [0.29, 0.717) is 17.0 Å². The summed E-state index contributed by atoms with van der Waals surface area (Å²) in [5, 5.41) is 0.